The van der Waals surface area contributed by atoms with E-state index in [2.05, 4.69) is 11.3 Å². The average Bonchev–Trinajstić information content (AvgIpc) is 3.01. The van der Waals surface area contributed by atoms with Crippen molar-refractivity contribution in [3.8, 4) is 23.0 Å². The maximum absolute atomic E-state index is 12.5. The number of phenolic OH excluding ortho intramolecular Hbond substituents is 2. The molecule has 3 aromatic carbocycles. The van der Waals surface area contributed by atoms with Gasteiger partial charge in [-0.15, -0.1) is 0 Å². The van der Waals surface area contributed by atoms with E-state index in [0.717, 1.165) is 6.26 Å². The maximum Gasteiger partial charge on any atom is 0.340 e. The topological polar surface area (TPSA) is 102 Å². The van der Waals surface area contributed by atoms with E-state index in [1.54, 1.807) is 24.3 Å². The molecule has 0 saturated carbocycles. The third kappa shape index (κ3) is 3.26. The molecule has 0 fully saturated rings. The molecule has 0 bridgehead atoms. The molecule has 0 atom stereocenters. The molecule has 7 heteroatoms. The Labute approximate surface area is 177 Å². The Morgan fingerprint density at radius 1 is 0.968 bits per heavy atom. The highest BCUT2D eigenvalue weighted by atomic mass is 16.6. The van der Waals surface area contributed by atoms with Crippen molar-refractivity contribution < 1.29 is 34.0 Å². The lowest BCUT2D eigenvalue weighted by Crippen LogP contribution is -2.32. The molecule has 3 aromatic rings. The van der Waals surface area contributed by atoms with Crippen molar-refractivity contribution in [3.05, 3.63) is 95.8 Å². The van der Waals surface area contributed by atoms with Crippen LogP contribution in [0.3, 0.4) is 0 Å². The average molecular weight is 418 g/mol. The van der Waals surface area contributed by atoms with Crippen molar-refractivity contribution in [1.82, 2.24) is 0 Å². The highest BCUT2D eigenvalue weighted by Gasteiger charge is 2.53. The molecule has 0 aromatic heterocycles. The molecule has 0 radical (unpaired) electrons. The fourth-order valence-corrected chi connectivity index (χ4v) is 3.77. The van der Waals surface area contributed by atoms with Gasteiger partial charge in [0.05, 0.1) is 11.8 Å². The van der Waals surface area contributed by atoms with Crippen molar-refractivity contribution in [1.29, 1.82) is 0 Å². The largest absolute Gasteiger partial charge is 0.508 e. The van der Waals surface area contributed by atoms with Gasteiger partial charge in [-0.25, -0.2) is 4.79 Å². The number of phenols is 2. The molecule has 0 aliphatic carbocycles. The van der Waals surface area contributed by atoms with E-state index in [-0.39, 0.29) is 17.5 Å². The Morgan fingerprint density at radius 3 is 2.06 bits per heavy atom. The first-order valence-corrected chi connectivity index (χ1v) is 9.32. The molecule has 5 rings (SSSR count). The SMILES string of the molecule is C=COC(C)=O.O=C1OC2(c3ccc(O)cc3Oc3cc(O)ccc32)c2ccccc21. The first-order valence-electron chi connectivity index (χ1n) is 9.32. The minimum absolute atomic E-state index is 0.0371. The smallest absolute Gasteiger partial charge is 0.340 e. The van der Waals surface area contributed by atoms with Gasteiger partial charge in [0.1, 0.15) is 23.0 Å². The van der Waals surface area contributed by atoms with Crippen LogP contribution in [-0.2, 0) is 19.9 Å². The fraction of sp³-hybridized carbons (Fsp3) is 0.0833. The van der Waals surface area contributed by atoms with Crippen LogP contribution >= 0.6 is 0 Å². The molecule has 0 amide bonds. The van der Waals surface area contributed by atoms with E-state index in [4.69, 9.17) is 9.47 Å². The van der Waals surface area contributed by atoms with Gasteiger partial charge < -0.3 is 24.4 Å². The van der Waals surface area contributed by atoms with Gasteiger partial charge in [0.15, 0.2) is 5.60 Å². The quantitative estimate of drug-likeness (QED) is 0.447. The molecule has 31 heavy (non-hydrogen) atoms. The molecule has 1 spiro atoms. The molecule has 2 aliphatic heterocycles. The number of benzene rings is 3. The number of hydrogen-bond acceptors (Lipinski definition) is 7. The number of carbonyl (C=O) groups excluding carboxylic acids is 2. The molecule has 7 nitrogen and oxygen atoms in total. The summed E-state index contributed by atoms with van der Waals surface area (Å²) in [5.74, 6) is 0.0796. The summed E-state index contributed by atoms with van der Waals surface area (Å²) in [5.41, 5.74) is 1.28. The summed E-state index contributed by atoms with van der Waals surface area (Å²) in [6.07, 6.45) is 1.10. The number of hydrogen-bond donors (Lipinski definition) is 2. The monoisotopic (exact) mass is 418 g/mol. The van der Waals surface area contributed by atoms with Crippen LogP contribution in [0.15, 0.2) is 73.5 Å². The van der Waals surface area contributed by atoms with Crippen molar-refractivity contribution >= 4 is 11.9 Å². The van der Waals surface area contributed by atoms with Crippen LogP contribution in [0.5, 0.6) is 23.0 Å². The van der Waals surface area contributed by atoms with Crippen molar-refractivity contribution in [2.24, 2.45) is 0 Å². The third-order valence-corrected chi connectivity index (χ3v) is 4.93. The second kappa shape index (κ2) is 7.53. The highest BCUT2D eigenvalue weighted by Crippen LogP contribution is 2.56. The Morgan fingerprint density at radius 2 is 1.55 bits per heavy atom. The second-order valence-electron chi connectivity index (χ2n) is 6.86. The van der Waals surface area contributed by atoms with E-state index >= 15 is 0 Å². The van der Waals surface area contributed by atoms with Gasteiger partial charge in [0.25, 0.3) is 0 Å². The summed E-state index contributed by atoms with van der Waals surface area (Å²) in [4.78, 5) is 22.3. The van der Waals surface area contributed by atoms with E-state index in [1.165, 1.54) is 31.2 Å². The number of rotatable bonds is 1. The van der Waals surface area contributed by atoms with E-state index in [9.17, 15) is 19.8 Å². The van der Waals surface area contributed by atoms with Gasteiger partial charge >= 0.3 is 11.9 Å². The Kier molecular flexibility index (Phi) is 4.87. The summed E-state index contributed by atoms with van der Waals surface area (Å²) in [6, 6.07) is 16.6. The van der Waals surface area contributed by atoms with Gasteiger partial charge in [-0.05, 0) is 30.3 Å². The molecule has 0 unspecified atom stereocenters. The minimum atomic E-state index is -1.17. The molecular formula is C24H18O7. The Bertz CT molecular complexity index is 1160. The molecule has 2 N–H and O–H groups in total. The number of carbonyl (C=O) groups is 2. The molecule has 2 aliphatic rings. The van der Waals surface area contributed by atoms with Crippen LogP contribution < -0.4 is 4.74 Å². The highest BCUT2D eigenvalue weighted by molar-refractivity contribution is 5.97. The van der Waals surface area contributed by atoms with Crippen LogP contribution in [0, 0.1) is 0 Å². The number of aromatic hydroxyl groups is 2. The maximum atomic E-state index is 12.5. The normalized spacial score (nSPS) is 14.0. The zero-order chi connectivity index (χ0) is 22.2. The first-order chi connectivity index (χ1) is 14.9. The molecule has 0 saturated heterocycles. The third-order valence-electron chi connectivity index (χ3n) is 4.93. The van der Waals surface area contributed by atoms with E-state index < -0.39 is 11.6 Å². The van der Waals surface area contributed by atoms with Gasteiger partial charge in [-0.1, -0.05) is 24.8 Å². The number of esters is 2. The van der Waals surface area contributed by atoms with Crippen LogP contribution in [-0.4, -0.2) is 22.2 Å². The van der Waals surface area contributed by atoms with E-state index in [1.807, 2.05) is 12.1 Å². The summed E-state index contributed by atoms with van der Waals surface area (Å²) >= 11 is 0. The molecule has 2 heterocycles. The minimum Gasteiger partial charge on any atom is -0.508 e. The van der Waals surface area contributed by atoms with Gasteiger partial charge in [-0.3, -0.25) is 4.79 Å². The summed E-state index contributed by atoms with van der Waals surface area (Å²) in [7, 11) is 0. The van der Waals surface area contributed by atoms with Crippen LogP contribution in [0.4, 0.5) is 0 Å². The lowest BCUT2D eigenvalue weighted by Gasteiger charge is -2.36. The zero-order valence-electron chi connectivity index (χ0n) is 16.5. The summed E-state index contributed by atoms with van der Waals surface area (Å²) in [6.45, 7) is 4.48. The van der Waals surface area contributed by atoms with Crippen LogP contribution in [0.1, 0.15) is 34.0 Å². The lowest BCUT2D eigenvalue weighted by molar-refractivity contribution is -0.135. The van der Waals surface area contributed by atoms with Gasteiger partial charge in [0.2, 0.25) is 0 Å². The Hall–Kier alpha value is -4.26. The number of ether oxygens (including phenoxy) is 3. The van der Waals surface area contributed by atoms with E-state index in [0.29, 0.717) is 33.8 Å². The standard InChI is InChI=1S/C20H12O5.C4H6O2/c21-11-5-7-15-17(9-11)24-18-10-12(22)6-8-16(18)20(15)14-4-2-1-3-13(14)19(23)25-20;1-3-6-4(2)5/h1-10,21-22H;3H,1H2,2H3. The van der Waals surface area contributed by atoms with Crippen molar-refractivity contribution in [2.75, 3.05) is 0 Å². The fourth-order valence-electron chi connectivity index (χ4n) is 3.77. The van der Waals surface area contributed by atoms with Crippen LogP contribution in [0.2, 0.25) is 0 Å². The molecular weight excluding hydrogens is 400 g/mol. The van der Waals surface area contributed by atoms with Gasteiger partial charge in [-0.2, -0.15) is 0 Å². The number of fused-ring (bicyclic) bond motifs is 6. The zero-order valence-corrected chi connectivity index (χ0v) is 16.5. The van der Waals surface area contributed by atoms with Gasteiger partial charge in [0, 0.05) is 35.7 Å². The lowest BCUT2D eigenvalue weighted by atomic mass is 9.77. The summed E-state index contributed by atoms with van der Waals surface area (Å²) < 4.78 is 15.9. The van der Waals surface area contributed by atoms with Crippen molar-refractivity contribution in [2.45, 2.75) is 12.5 Å². The Balaban J connectivity index is 0.000000342. The summed E-state index contributed by atoms with van der Waals surface area (Å²) in [5, 5.41) is 19.7. The first kappa shape index (κ1) is 20.0. The van der Waals surface area contributed by atoms with Crippen molar-refractivity contribution in [3.63, 3.8) is 0 Å². The molecule has 156 valence electrons. The van der Waals surface area contributed by atoms with Crippen LogP contribution in [0.25, 0.3) is 0 Å². The predicted molar refractivity (Wildman–Crippen MR) is 110 cm³/mol. The predicted octanol–water partition coefficient (Wildman–Crippen LogP) is 4.36. The second-order valence-corrected chi connectivity index (χ2v) is 6.86.